The second-order valence-electron chi connectivity index (χ2n) is 4.99. The summed E-state index contributed by atoms with van der Waals surface area (Å²) in [5, 5.41) is 3.34. The normalized spacial score (nSPS) is 11.1. The highest BCUT2D eigenvalue weighted by atomic mass is 35.5. The van der Waals surface area contributed by atoms with Gasteiger partial charge in [0.15, 0.2) is 9.84 Å². The van der Waals surface area contributed by atoms with Crippen molar-refractivity contribution >= 4 is 27.3 Å². The first-order valence-electron chi connectivity index (χ1n) is 7.42. The van der Waals surface area contributed by atoms with Crippen molar-refractivity contribution < 1.29 is 17.9 Å². The van der Waals surface area contributed by atoms with Crippen molar-refractivity contribution in [2.45, 2.75) is 11.8 Å². The fourth-order valence-electron chi connectivity index (χ4n) is 1.95. The number of nitrogens with one attached hydrogen (secondary N) is 1. The Morgan fingerprint density at radius 1 is 1.08 bits per heavy atom. The lowest BCUT2D eigenvalue weighted by Crippen LogP contribution is -2.28. The standard InChI is InChI=1S/C17H18ClNO4S/c1-2-24(21,22)16-9-3-13(4-10-16)17(20)19-11-12-23-15-7-5-14(18)6-8-15/h3-10H,2,11-12H2,1H3,(H,19,20). The van der Waals surface area contributed by atoms with E-state index in [1.54, 1.807) is 31.2 Å². The Labute approximate surface area is 146 Å². The first kappa shape index (κ1) is 18.3. The zero-order valence-corrected chi connectivity index (χ0v) is 14.7. The first-order chi connectivity index (χ1) is 11.4. The number of benzene rings is 2. The van der Waals surface area contributed by atoms with Crippen LogP contribution in [-0.4, -0.2) is 33.2 Å². The van der Waals surface area contributed by atoms with Gasteiger partial charge in [0.1, 0.15) is 12.4 Å². The molecule has 1 N–H and O–H groups in total. The number of carbonyl (C=O) groups is 1. The molecule has 2 aromatic rings. The molecule has 5 nitrogen and oxygen atoms in total. The molecule has 1 amide bonds. The summed E-state index contributed by atoms with van der Waals surface area (Å²) in [5.41, 5.74) is 0.400. The summed E-state index contributed by atoms with van der Waals surface area (Å²) < 4.78 is 28.9. The number of hydrogen-bond acceptors (Lipinski definition) is 4. The Balaban J connectivity index is 1.83. The minimum Gasteiger partial charge on any atom is -0.492 e. The molecule has 24 heavy (non-hydrogen) atoms. The van der Waals surface area contributed by atoms with Crippen molar-refractivity contribution in [1.82, 2.24) is 5.32 Å². The third kappa shape index (κ3) is 4.97. The van der Waals surface area contributed by atoms with Crippen LogP contribution in [0.1, 0.15) is 17.3 Å². The number of carbonyl (C=O) groups excluding carboxylic acids is 1. The van der Waals surface area contributed by atoms with Gasteiger partial charge in [0.2, 0.25) is 0 Å². The lowest BCUT2D eigenvalue weighted by molar-refractivity contribution is 0.0947. The molecule has 0 aromatic heterocycles. The van der Waals surface area contributed by atoms with E-state index >= 15 is 0 Å². The largest absolute Gasteiger partial charge is 0.492 e. The predicted molar refractivity (Wildman–Crippen MR) is 93.4 cm³/mol. The zero-order chi connectivity index (χ0) is 17.6. The number of sulfone groups is 1. The van der Waals surface area contributed by atoms with Gasteiger partial charge in [0, 0.05) is 10.6 Å². The lowest BCUT2D eigenvalue weighted by atomic mass is 10.2. The second-order valence-corrected chi connectivity index (χ2v) is 7.70. The Morgan fingerprint density at radius 3 is 2.29 bits per heavy atom. The van der Waals surface area contributed by atoms with E-state index in [9.17, 15) is 13.2 Å². The molecule has 0 radical (unpaired) electrons. The zero-order valence-electron chi connectivity index (χ0n) is 13.2. The van der Waals surface area contributed by atoms with Gasteiger partial charge < -0.3 is 10.1 Å². The Kier molecular flexibility index (Phi) is 6.23. The second kappa shape index (κ2) is 8.17. The van der Waals surface area contributed by atoms with Crippen LogP contribution in [0.5, 0.6) is 5.75 Å². The van der Waals surface area contributed by atoms with Crippen LogP contribution in [-0.2, 0) is 9.84 Å². The van der Waals surface area contributed by atoms with E-state index in [1.165, 1.54) is 24.3 Å². The van der Waals surface area contributed by atoms with E-state index < -0.39 is 9.84 Å². The quantitative estimate of drug-likeness (QED) is 0.764. The fraction of sp³-hybridized carbons (Fsp3) is 0.235. The molecule has 0 heterocycles. The van der Waals surface area contributed by atoms with Crippen LogP contribution < -0.4 is 10.1 Å². The highest BCUT2D eigenvalue weighted by Gasteiger charge is 2.12. The van der Waals surface area contributed by atoms with Crippen molar-refractivity contribution in [2.24, 2.45) is 0 Å². The van der Waals surface area contributed by atoms with E-state index in [-0.39, 0.29) is 16.6 Å². The molecule has 0 spiro atoms. The van der Waals surface area contributed by atoms with Gasteiger partial charge in [-0.05, 0) is 48.5 Å². The van der Waals surface area contributed by atoms with Crippen LogP contribution >= 0.6 is 11.6 Å². The van der Waals surface area contributed by atoms with Crippen LogP contribution in [0.25, 0.3) is 0 Å². The molecule has 0 fully saturated rings. The molecule has 0 unspecified atom stereocenters. The summed E-state index contributed by atoms with van der Waals surface area (Å²) in [4.78, 5) is 12.2. The number of ether oxygens (including phenoxy) is 1. The van der Waals surface area contributed by atoms with Gasteiger partial charge in [-0.15, -0.1) is 0 Å². The van der Waals surface area contributed by atoms with Gasteiger partial charge in [-0.2, -0.15) is 0 Å². The summed E-state index contributed by atoms with van der Waals surface area (Å²) in [5.74, 6) is 0.415. The molecule has 0 saturated heterocycles. The van der Waals surface area contributed by atoms with E-state index in [1.807, 2.05) is 0 Å². The average molecular weight is 368 g/mol. The molecule has 2 rings (SSSR count). The maximum atomic E-state index is 12.0. The molecule has 128 valence electrons. The SMILES string of the molecule is CCS(=O)(=O)c1ccc(C(=O)NCCOc2ccc(Cl)cc2)cc1. The first-order valence-corrected chi connectivity index (χ1v) is 9.45. The number of hydrogen-bond donors (Lipinski definition) is 1. The molecule has 2 aromatic carbocycles. The van der Waals surface area contributed by atoms with Gasteiger partial charge in [-0.25, -0.2) is 8.42 Å². The molecule has 0 atom stereocenters. The fourth-order valence-corrected chi connectivity index (χ4v) is 2.96. The van der Waals surface area contributed by atoms with E-state index in [4.69, 9.17) is 16.3 Å². The summed E-state index contributed by atoms with van der Waals surface area (Å²) in [6.45, 7) is 2.22. The van der Waals surface area contributed by atoms with Gasteiger partial charge >= 0.3 is 0 Å². The third-order valence-corrected chi connectivity index (χ3v) is 5.33. The van der Waals surface area contributed by atoms with Crippen molar-refractivity contribution in [3.8, 4) is 5.75 Å². The van der Waals surface area contributed by atoms with Crippen LogP contribution in [0.3, 0.4) is 0 Å². The summed E-state index contributed by atoms with van der Waals surface area (Å²) in [6, 6.07) is 12.8. The number of rotatable bonds is 7. The van der Waals surface area contributed by atoms with Crippen LogP contribution in [0.15, 0.2) is 53.4 Å². The maximum Gasteiger partial charge on any atom is 0.251 e. The smallest absolute Gasteiger partial charge is 0.251 e. The van der Waals surface area contributed by atoms with Crippen LogP contribution in [0.2, 0.25) is 5.02 Å². The third-order valence-electron chi connectivity index (χ3n) is 3.33. The molecular formula is C17H18ClNO4S. The highest BCUT2D eigenvalue weighted by molar-refractivity contribution is 7.91. The van der Waals surface area contributed by atoms with Crippen molar-refractivity contribution in [1.29, 1.82) is 0 Å². The molecule has 0 saturated carbocycles. The molecule has 0 aliphatic carbocycles. The Morgan fingerprint density at radius 2 is 1.71 bits per heavy atom. The van der Waals surface area contributed by atoms with Crippen LogP contribution in [0.4, 0.5) is 0 Å². The number of halogens is 1. The van der Waals surface area contributed by atoms with Gasteiger partial charge in [-0.3, -0.25) is 4.79 Å². The summed E-state index contributed by atoms with van der Waals surface area (Å²) in [7, 11) is -3.26. The molecule has 0 aliphatic rings. The van der Waals surface area contributed by atoms with Crippen molar-refractivity contribution in [2.75, 3.05) is 18.9 Å². The molecular weight excluding hydrogens is 350 g/mol. The highest BCUT2D eigenvalue weighted by Crippen LogP contribution is 2.15. The van der Waals surface area contributed by atoms with Crippen LogP contribution in [0, 0.1) is 0 Å². The average Bonchev–Trinajstić information content (AvgIpc) is 2.60. The Hall–Kier alpha value is -2.05. The van der Waals surface area contributed by atoms with E-state index in [0.717, 1.165) is 0 Å². The van der Waals surface area contributed by atoms with Crippen molar-refractivity contribution in [3.63, 3.8) is 0 Å². The minimum atomic E-state index is -3.26. The minimum absolute atomic E-state index is 0.0284. The Bertz CT molecular complexity index is 786. The maximum absolute atomic E-state index is 12.0. The van der Waals surface area contributed by atoms with Crippen molar-refractivity contribution in [3.05, 3.63) is 59.1 Å². The molecule has 0 aliphatic heterocycles. The summed E-state index contributed by atoms with van der Waals surface area (Å²) in [6.07, 6.45) is 0. The van der Waals surface area contributed by atoms with E-state index in [2.05, 4.69) is 5.32 Å². The van der Waals surface area contributed by atoms with Gasteiger partial charge in [0.25, 0.3) is 5.91 Å². The monoisotopic (exact) mass is 367 g/mol. The topological polar surface area (TPSA) is 72.5 Å². The van der Waals surface area contributed by atoms with E-state index in [0.29, 0.717) is 29.5 Å². The summed E-state index contributed by atoms with van der Waals surface area (Å²) >= 11 is 5.78. The van der Waals surface area contributed by atoms with Gasteiger partial charge in [-0.1, -0.05) is 18.5 Å². The van der Waals surface area contributed by atoms with Gasteiger partial charge in [0.05, 0.1) is 17.2 Å². The molecule has 0 bridgehead atoms. The lowest BCUT2D eigenvalue weighted by Gasteiger charge is -2.08. The number of amides is 1. The molecule has 7 heteroatoms. The predicted octanol–water partition coefficient (Wildman–Crippen LogP) is 2.94.